The molecular weight excluding hydrogens is 659 g/mol. The van der Waals surface area contributed by atoms with Gasteiger partial charge in [0.15, 0.2) is 6.10 Å². The SMILES string of the molecule is CN(CCCCCc1cc(Cl)c(COC2(c3cnccc3-c3ccccc3OC3CC3)CC2)cc1Cl)C(=O)[C@H](O)[C@H](O)[C@@H](O)[C@H](O)CO. The van der Waals surface area contributed by atoms with Gasteiger partial charge in [-0.15, -0.1) is 0 Å². The van der Waals surface area contributed by atoms with Crippen LogP contribution in [0.3, 0.4) is 0 Å². The van der Waals surface area contributed by atoms with Gasteiger partial charge in [-0.05, 0) is 85.9 Å². The highest BCUT2D eigenvalue weighted by molar-refractivity contribution is 6.34. The average Bonchev–Trinajstić information content (AvgIpc) is 4.05. The molecular formula is C36H44Cl2N2O8. The number of aromatic nitrogens is 1. The predicted octanol–water partition coefficient (Wildman–Crippen LogP) is 4.41. The van der Waals surface area contributed by atoms with Crippen molar-refractivity contribution < 1.29 is 39.8 Å². The largest absolute Gasteiger partial charge is 0.490 e. The lowest BCUT2D eigenvalue weighted by Gasteiger charge is -2.28. The summed E-state index contributed by atoms with van der Waals surface area (Å²) >= 11 is 13.4. The molecule has 1 aromatic heterocycles. The van der Waals surface area contributed by atoms with Crippen LogP contribution in [-0.2, 0) is 28.2 Å². The van der Waals surface area contributed by atoms with Crippen molar-refractivity contribution in [1.29, 1.82) is 0 Å². The van der Waals surface area contributed by atoms with Gasteiger partial charge in [0.25, 0.3) is 5.91 Å². The van der Waals surface area contributed by atoms with E-state index in [1.54, 1.807) is 6.20 Å². The van der Waals surface area contributed by atoms with Crippen molar-refractivity contribution >= 4 is 29.1 Å². The minimum Gasteiger partial charge on any atom is -0.490 e. The third-order valence-electron chi connectivity index (χ3n) is 9.05. The van der Waals surface area contributed by atoms with E-state index in [4.69, 9.17) is 37.8 Å². The number of benzene rings is 2. The number of carbonyl (C=O) groups excluding carboxylic acids is 1. The monoisotopic (exact) mass is 702 g/mol. The van der Waals surface area contributed by atoms with Gasteiger partial charge in [0.1, 0.15) is 24.1 Å². The van der Waals surface area contributed by atoms with E-state index >= 15 is 0 Å². The molecule has 48 heavy (non-hydrogen) atoms. The number of amides is 1. The molecule has 260 valence electrons. The van der Waals surface area contributed by atoms with Crippen LogP contribution in [0.2, 0.25) is 10.0 Å². The number of aliphatic hydroxyl groups excluding tert-OH is 5. The summed E-state index contributed by atoms with van der Waals surface area (Å²) in [5.41, 5.74) is 4.37. The quantitative estimate of drug-likeness (QED) is 0.121. The first-order valence-electron chi connectivity index (χ1n) is 16.4. The van der Waals surface area contributed by atoms with Crippen LogP contribution in [0.15, 0.2) is 54.9 Å². The van der Waals surface area contributed by atoms with Crippen molar-refractivity contribution in [1.82, 2.24) is 9.88 Å². The summed E-state index contributed by atoms with van der Waals surface area (Å²) in [6.07, 6.45) is 3.32. The normalized spacial score (nSPS) is 17.8. The minimum atomic E-state index is -1.93. The van der Waals surface area contributed by atoms with Crippen molar-refractivity contribution in [3.05, 3.63) is 81.6 Å². The maximum absolute atomic E-state index is 12.4. The van der Waals surface area contributed by atoms with Crippen LogP contribution in [0.1, 0.15) is 61.6 Å². The molecule has 0 saturated heterocycles. The Balaban J connectivity index is 1.13. The summed E-state index contributed by atoms with van der Waals surface area (Å²) in [5.74, 6) is 0.0832. The first-order valence-corrected chi connectivity index (χ1v) is 17.2. The van der Waals surface area contributed by atoms with Gasteiger partial charge in [-0.1, -0.05) is 47.8 Å². The number of aryl methyl sites for hydroxylation is 1. The lowest BCUT2D eigenvalue weighted by Crippen LogP contribution is -2.52. The van der Waals surface area contributed by atoms with Crippen molar-refractivity contribution in [2.75, 3.05) is 20.2 Å². The molecule has 0 bridgehead atoms. The van der Waals surface area contributed by atoms with Crippen LogP contribution in [0.5, 0.6) is 5.75 Å². The number of rotatable bonds is 18. The van der Waals surface area contributed by atoms with Crippen LogP contribution in [0.4, 0.5) is 0 Å². The first kappa shape index (κ1) is 36.5. The smallest absolute Gasteiger partial charge is 0.253 e. The molecule has 0 spiro atoms. The highest BCUT2D eigenvalue weighted by atomic mass is 35.5. The number of hydrogen-bond donors (Lipinski definition) is 5. The zero-order valence-electron chi connectivity index (χ0n) is 27.0. The third-order valence-corrected chi connectivity index (χ3v) is 9.76. The van der Waals surface area contributed by atoms with Gasteiger partial charge in [-0.3, -0.25) is 9.78 Å². The molecule has 1 amide bonds. The lowest BCUT2D eigenvalue weighted by molar-refractivity contribution is -0.157. The van der Waals surface area contributed by atoms with Crippen molar-refractivity contribution in [2.24, 2.45) is 0 Å². The summed E-state index contributed by atoms with van der Waals surface area (Å²) < 4.78 is 12.8. The summed E-state index contributed by atoms with van der Waals surface area (Å²) in [4.78, 5) is 18.1. The summed E-state index contributed by atoms with van der Waals surface area (Å²) in [7, 11) is 1.48. The van der Waals surface area contributed by atoms with Gasteiger partial charge >= 0.3 is 0 Å². The van der Waals surface area contributed by atoms with Crippen LogP contribution in [0, 0.1) is 0 Å². The fraction of sp³-hybridized carbons (Fsp3) is 0.500. The average molecular weight is 704 g/mol. The molecule has 0 aliphatic heterocycles. The van der Waals surface area contributed by atoms with Crippen molar-refractivity contribution in [3.8, 4) is 16.9 Å². The zero-order valence-corrected chi connectivity index (χ0v) is 28.5. The first-order chi connectivity index (χ1) is 23.0. The summed E-state index contributed by atoms with van der Waals surface area (Å²) in [6.45, 7) is -0.212. The molecule has 2 saturated carbocycles. The van der Waals surface area contributed by atoms with Gasteiger partial charge in [-0.2, -0.15) is 0 Å². The fourth-order valence-corrected chi connectivity index (χ4v) is 6.27. The Morgan fingerprint density at radius 1 is 0.979 bits per heavy atom. The van der Waals surface area contributed by atoms with Crippen molar-refractivity contribution in [3.63, 3.8) is 0 Å². The topological polar surface area (TPSA) is 153 Å². The molecule has 4 atom stereocenters. The van der Waals surface area contributed by atoms with Crippen molar-refractivity contribution in [2.45, 2.75) is 94.1 Å². The number of likely N-dealkylation sites (N-methyl/N-ethyl adjacent to an activating group) is 1. The number of hydrogen-bond acceptors (Lipinski definition) is 9. The standard InChI is InChI=1S/C36H44Cl2N2O8/c1-40(35(46)34(45)33(44)32(43)30(42)20-41)16-6-2-3-7-22-17-29(38)23(18-28(22)37)21-47-36(13-14-36)27-19-39-15-12-25(27)26-8-4-5-9-31(26)48-24-10-11-24/h4-5,8-9,12,15,17-19,24,30,32-34,41-45H,2-3,6-7,10-11,13-14,16,20-21H2,1H3/t30-,32+,33-,34-/m1/s1. The second-order valence-electron chi connectivity index (χ2n) is 12.8. The zero-order chi connectivity index (χ0) is 34.4. The number of para-hydroxylation sites is 1. The molecule has 0 unspecified atom stereocenters. The molecule has 5 rings (SSSR count). The molecule has 3 aromatic rings. The van der Waals surface area contributed by atoms with Crippen LogP contribution < -0.4 is 4.74 Å². The highest BCUT2D eigenvalue weighted by Gasteiger charge is 2.48. The number of nitrogens with zero attached hydrogens (tertiary/aromatic N) is 2. The molecule has 1 heterocycles. The number of aliphatic hydroxyl groups is 5. The molecule has 10 nitrogen and oxygen atoms in total. The van der Waals surface area contributed by atoms with Gasteiger partial charge in [0.05, 0.1) is 24.9 Å². The number of unbranched alkanes of at least 4 members (excludes halogenated alkanes) is 2. The Hall–Kier alpha value is -2.80. The van der Waals surface area contributed by atoms with E-state index in [2.05, 4.69) is 11.1 Å². The molecule has 12 heteroatoms. The van der Waals surface area contributed by atoms with E-state index in [0.717, 1.165) is 72.1 Å². The Kier molecular flexibility index (Phi) is 12.4. The Morgan fingerprint density at radius 2 is 1.69 bits per heavy atom. The number of pyridine rings is 1. The van der Waals surface area contributed by atoms with E-state index in [1.165, 1.54) is 11.9 Å². The Labute approximate surface area is 290 Å². The molecule has 2 fully saturated rings. The maximum atomic E-state index is 12.4. The van der Waals surface area contributed by atoms with Gasteiger partial charge < -0.3 is 39.9 Å². The predicted molar refractivity (Wildman–Crippen MR) is 182 cm³/mol. The van der Waals surface area contributed by atoms with Gasteiger partial charge in [0.2, 0.25) is 0 Å². The second-order valence-corrected chi connectivity index (χ2v) is 13.6. The van der Waals surface area contributed by atoms with Gasteiger partial charge in [-0.25, -0.2) is 0 Å². The van der Waals surface area contributed by atoms with E-state index < -0.39 is 42.5 Å². The molecule has 2 aliphatic carbocycles. The number of ether oxygens (including phenoxy) is 2. The molecule has 5 N–H and O–H groups in total. The highest BCUT2D eigenvalue weighted by Crippen LogP contribution is 2.53. The van der Waals surface area contributed by atoms with E-state index in [0.29, 0.717) is 36.0 Å². The Bertz CT molecular complexity index is 1550. The molecule has 0 radical (unpaired) electrons. The number of carbonyl (C=O) groups is 1. The Morgan fingerprint density at radius 3 is 2.40 bits per heavy atom. The molecule has 2 aromatic carbocycles. The van der Waals surface area contributed by atoms with Gasteiger partial charge in [0, 0.05) is 47.2 Å². The second kappa shape index (κ2) is 16.3. The van der Waals surface area contributed by atoms with Crippen LogP contribution in [0.25, 0.3) is 11.1 Å². The summed E-state index contributed by atoms with van der Waals surface area (Å²) in [6, 6.07) is 13.9. The van der Waals surface area contributed by atoms with E-state index in [9.17, 15) is 25.2 Å². The van der Waals surface area contributed by atoms with E-state index in [-0.39, 0.29) is 6.10 Å². The van der Waals surface area contributed by atoms with Crippen LogP contribution >= 0.6 is 23.2 Å². The lowest BCUT2D eigenvalue weighted by atomic mass is 9.96. The number of halogens is 2. The van der Waals surface area contributed by atoms with E-state index in [1.807, 2.05) is 42.6 Å². The third kappa shape index (κ3) is 8.86. The van der Waals surface area contributed by atoms with Crippen LogP contribution in [-0.4, -0.2) is 92.0 Å². The molecule has 2 aliphatic rings. The summed E-state index contributed by atoms with van der Waals surface area (Å²) in [5, 5.41) is 49.4. The minimum absolute atomic E-state index is 0.285. The fourth-order valence-electron chi connectivity index (χ4n) is 5.75. The maximum Gasteiger partial charge on any atom is 0.253 e.